The zero-order valence-corrected chi connectivity index (χ0v) is 10.6. The summed E-state index contributed by atoms with van der Waals surface area (Å²) in [5, 5.41) is 0. The van der Waals surface area contributed by atoms with Crippen LogP contribution in [0.5, 0.6) is 5.88 Å². The molecular weight excluding hydrogens is 242 g/mol. The number of ether oxygens (including phenoxy) is 1. The molecule has 0 aliphatic rings. The van der Waals surface area contributed by atoms with E-state index in [0.29, 0.717) is 11.5 Å². The topological polar surface area (TPSA) is 63.9 Å². The maximum absolute atomic E-state index is 11.9. The predicted octanol–water partition coefficient (Wildman–Crippen LogP) is 0.593. The summed E-state index contributed by atoms with van der Waals surface area (Å²) in [5.41, 5.74) is 0.638. The maximum atomic E-state index is 11.9. The standard InChI is InChI=1S/C10H13N3O3S/c1-12(2)17(14,15)8-4-5-9-11-6-10(16-3)13(9)7-8/h4-7H,1-3H3. The minimum absolute atomic E-state index is 0.200. The summed E-state index contributed by atoms with van der Waals surface area (Å²) in [6.45, 7) is 0. The molecule has 0 bridgehead atoms. The highest BCUT2D eigenvalue weighted by Crippen LogP contribution is 2.19. The molecule has 0 fully saturated rings. The van der Waals surface area contributed by atoms with E-state index in [0.717, 1.165) is 4.31 Å². The Labute approximate surface area is 99.5 Å². The van der Waals surface area contributed by atoms with Crippen molar-refractivity contribution in [3.8, 4) is 5.88 Å². The minimum Gasteiger partial charge on any atom is -0.481 e. The van der Waals surface area contributed by atoms with E-state index in [1.807, 2.05) is 0 Å². The van der Waals surface area contributed by atoms with E-state index in [1.165, 1.54) is 33.5 Å². The Morgan fingerprint density at radius 3 is 2.65 bits per heavy atom. The van der Waals surface area contributed by atoms with Gasteiger partial charge in [0, 0.05) is 20.3 Å². The van der Waals surface area contributed by atoms with E-state index >= 15 is 0 Å². The van der Waals surface area contributed by atoms with Crippen LogP contribution in [0, 0.1) is 0 Å². The summed E-state index contributed by atoms with van der Waals surface area (Å²) < 4.78 is 31.7. The van der Waals surface area contributed by atoms with Crippen molar-refractivity contribution < 1.29 is 13.2 Å². The van der Waals surface area contributed by atoms with Crippen LogP contribution in [0.25, 0.3) is 5.65 Å². The smallest absolute Gasteiger partial charge is 0.244 e. The highest BCUT2D eigenvalue weighted by Gasteiger charge is 2.18. The van der Waals surface area contributed by atoms with Crippen LogP contribution in [0.15, 0.2) is 29.4 Å². The lowest BCUT2D eigenvalue weighted by Crippen LogP contribution is -2.22. The molecular formula is C10H13N3O3S. The number of aromatic nitrogens is 2. The quantitative estimate of drug-likeness (QED) is 0.805. The van der Waals surface area contributed by atoms with Gasteiger partial charge in [0.1, 0.15) is 5.65 Å². The van der Waals surface area contributed by atoms with Crippen LogP contribution in [-0.4, -0.2) is 43.3 Å². The molecule has 2 rings (SSSR count). The molecule has 0 spiro atoms. The first-order valence-electron chi connectivity index (χ1n) is 4.90. The third-order valence-corrected chi connectivity index (χ3v) is 4.23. The monoisotopic (exact) mass is 255 g/mol. The van der Waals surface area contributed by atoms with Crippen molar-refractivity contribution in [2.45, 2.75) is 4.90 Å². The number of methoxy groups -OCH3 is 1. The van der Waals surface area contributed by atoms with Gasteiger partial charge in [-0.15, -0.1) is 0 Å². The van der Waals surface area contributed by atoms with Gasteiger partial charge in [0.05, 0.1) is 18.2 Å². The summed E-state index contributed by atoms with van der Waals surface area (Å²) in [7, 11) is 1.05. The lowest BCUT2D eigenvalue weighted by Gasteiger charge is -2.11. The lowest BCUT2D eigenvalue weighted by molar-refractivity contribution is 0.393. The van der Waals surface area contributed by atoms with Crippen molar-refractivity contribution in [3.05, 3.63) is 24.5 Å². The van der Waals surface area contributed by atoms with Crippen molar-refractivity contribution in [3.63, 3.8) is 0 Å². The average Bonchev–Trinajstić information content (AvgIpc) is 2.70. The molecule has 7 heteroatoms. The average molecular weight is 255 g/mol. The molecule has 0 saturated carbocycles. The Morgan fingerprint density at radius 1 is 1.35 bits per heavy atom. The highest BCUT2D eigenvalue weighted by atomic mass is 32.2. The largest absolute Gasteiger partial charge is 0.481 e. The first-order valence-corrected chi connectivity index (χ1v) is 6.34. The van der Waals surface area contributed by atoms with Crippen molar-refractivity contribution in [1.82, 2.24) is 13.7 Å². The van der Waals surface area contributed by atoms with Gasteiger partial charge in [0.25, 0.3) is 0 Å². The second-order valence-electron chi connectivity index (χ2n) is 3.68. The van der Waals surface area contributed by atoms with Gasteiger partial charge in [-0.05, 0) is 12.1 Å². The molecule has 6 nitrogen and oxygen atoms in total. The summed E-state index contributed by atoms with van der Waals surface area (Å²) in [4.78, 5) is 4.29. The van der Waals surface area contributed by atoms with Gasteiger partial charge in [0.15, 0.2) is 0 Å². The molecule has 17 heavy (non-hydrogen) atoms. The Kier molecular flexibility index (Phi) is 2.80. The molecule has 0 N–H and O–H groups in total. The van der Waals surface area contributed by atoms with E-state index in [2.05, 4.69) is 4.98 Å². The molecule has 0 unspecified atom stereocenters. The molecule has 2 aromatic rings. The zero-order valence-electron chi connectivity index (χ0n) is 9.78. The van der Waals surface area contributed by atoms with Gasteiger partial charge in [-0.25, -0.2) is 17.7 Å². The van der Waals surface area contributed by atoms with Crippen molar-refractivity contribution in [1.29, 1.82) is 0 Å². The lowest BCUT2D eigenvalue weighted by atomic mass is 10.5. The van der Waals surface area contributed by atoms with Crippen LogP contribution in [0.3, 0.4) is 0 Å². The normalized spacial score (nSPS) is 12.2. The molecule has 0 aliphatic carbocycles. The number of imidazole rings is 1. The molecule has 0 amide bonds. The number of hydrogen-bond acceptors (Lipinski definition) is 4. The van der Waals surface area contributed by atoms with Gasteiger partial charge in [-0.1, -0.05) is 0 Å². The second-order valence-corrected chi connectivity index (χ2v) is 5.83. The Balaban J connectivity index is 2.65. The summed E-state index contributed by atoms with van der Waals surface area (Å²) in [6, 6.07) is 3.16. The summed E-state index contributed by atoms with van der Waals surface area (Å²) in [5.74, 6) is 0.496. The number of rotatable bonds is 3. The maximum Gasteiger partial charge on any atom is 0.244 e. The summed E-state index contributed by atoms with van der Waals surface area (Å²) in [6.07, 6.45) is 3.04. The van der Waals surface area contributed by atoms with Crippen molar-refractivity contribution in [2.75, 3.05) is 21.2 Å². The van der Waals surface area contributed by atoms with E-state index in [-0.39, 0.29) is 4.90 Å². The fourth-order valence-corrected chi connectivity index (χ4v) is 2.35. The molecule has 0 atom stereocenters. The van der Waals surface area contributed by atoms with Gasteiger partial charge >= 0.3 is 0 Å². The predicted molar refractivity (Wildman–Crippen MR) is 62.6 cm³/mol. The number of pyridine rings is 1. The van der Waals surface area contributed by atoms with Crippen molar-refractivity contribution in [2.24, 2.45) is 0 Å². The van der Waals surface area contributed by atoms with Crippen LogP contribution >= 0.6 is 0 Å². The van der Waals surface area contributed by atoms with E-state index < -0.39 is 10.0 Å². The molecule has 92 valence electrons. The highest BCUT2D eigenvalue weighted by molar-refractivity contribution is 7.89. The van der Waals surface area contributed by atoms with Crippen LogP contribution in [0.4, 0.5) is 0 Å². The molecule has 2 heterocycles. The Bertz CT molecular complexity index is 646. The third-order valence-electron chi connectivity index (χ3n) is 2.43. The fourth-order valence-electron chi connectivity index (χ4n) is 1.45. The van der Waals surface area contributed by atoms with Gasteiger partial charge in [0.2, 0.25) is 15.9 Å². The number of hydrogen-bond donors (Lipinski definition) is 0. The van der Waals surface area contributed by atoms with Crippen LogP contribution in [0.1, 0.15) is 0 Å². The van der Waals surface area contributed by atoms with Gasteiger partial charge in [-0.3, -0.25) is 4.40 Å². The minimum atomic E-state index is -3.44. The zero-order chi connectivity index (χ0) is 12.6. The summed E-state index contributed by atoms with van der Waals surface area (Å²) >= 11 is 0. The Hall–Kier alpha value is -1.60. The number of fused-ring (bicyclic) bond motifs is 1. The van der Waals surface area contributed by atoms with E-state index in [9.17, 15) is 8.42 Å². The third kappa shape index (κ3) is 1.87. The van der Waals surface area contributed by atoms with Crippen LogP contribution in [-0.2, 0) is 10.0 Å². The SMILES string of the molecule is COc1cnc2ccc(S(=O)(=O)N(C)C)cn12. The molecule has 0 saturated heterocycles. The first kappa shape index (κ1) is 11.9. The molecule has 0 aromatic carbocycles. The fraction of sp³-hybridized carbons (Fsp3) is 0.300. The number of sulfonamides is 1. The molecule has 0 radical (unpaired) electrons. The van der Waals surface area contributed by atoms with E-state index in [1.54, 1.807) is 16.7 Å². The first-order chi connectivity index (χ1) is 7.96. The Morgan fingerprint density at radius 2 is 2.06 bits per heavy atom. The van der Waals surface area contributed by atoms with Crippen molar-refractivity contribution >= 4 is 15.7 Å². The van der Waals surface area contributed by atoms with Gasteiger partial charge in [-0.2, -0.15) is 0 Å². The van der Waals surface area contributed by atoms with Crippen LogP contribution < -0.4 is 4.74 Å². The van der Waals surface area contributed by atoms with Gasteiger partial charge < -0.3 is 4.74 Å². The number of nitrogens with zero attached hydrogens (tertiary/aromatic N) is 3. The second kappa shape index (κ2) is 4.01. The van der Waals surface area contributed by atoms with E-state index in [4.69, 9.17) is 4.74 Å². The molecule has 2 aromatic heterocycles. The van der Waals surface area contributed by atoms with Crippen LogP contribution in [0.2, 0.25) is 0 Å². The molecule has 0 aliphatic heterocycles.